The van der Waals surface area contributed by atoms with Crippen LogP contribution in [-0.4, -0.2) is 53.8 Å². The van der Waals surface area contributed by atoms with Gasteiger partial charge in [-0.2, -0.15) is 0 Å². The number of nitrogens with one attached hydrogen (secondary N) is 1. The van der Waals surface area contributed by atoms with Gasteiger partial charge in [0.2, 0.25) is 0 Å². The van der Waals surface area contributed by atoms with Crippen LogP contribution in [0.4, 0.5) is 4.79 Å². The number of hydrogen-bond acceptors (Lipinski definition) is 3. The first-order chi connectivity index (χ1) is 9.04. The summed E-state index contributed by atoms with van der Waals surface area (Å²) in [6.07, 6.45) is 3.17. The number of carbonyl (C=O) groups excluding carboxylic acids is 1. The second-order valence-corrected chi connectivity index (χ2v) is 5.58. The first-order valence-electron chi connectivity index (χ1n) is 6.90. The smallest absolute Gasteiger partial charge is 0.329 e. The molecule has 2 aliphatic rings. The SMILES string of the molecule is CC1(C(=O)O)CCCN1C(=O)NCC1CCOCC1. The highest BCUT2D eigenvalue weighted by atomic mass is 16.5. The second kappa shape index (κ2) is 5.77. The van der Waals surface area contributed by atoms with Crippen LogP contribution in [0, 0.1) is 5.92 Å². The Morgan fingerprint density at radius 2 is 2.11 bits per heavy atom. The fourth-order valence-corrected chi connectivity index (χ4v) is 2.79. The maximum Gasteiger partial charge on any atom is 0.329 e. The van der Waals surface area contributed by atoms with Crippen molar-refractivity contribution >= 4 is 12.0 Å². The van der Waals surface area contributed by atoms with E-state index in [1.807, 2.05) is 0 Å². The lowest BCUT2D eigenvalue weighted by atomic mass is 9.99. The van der Waals surface area contributed by atoms with Crippen molar-refractivity contribution in [2.45, 2.75) is 38.1 Å². The third-order valence-electron chi connectivity index (χ3n) is 4.23. The van der Waals surface area contributed by atoms with Gasteiger partial charge in [0.05, 0.1) is 0 Å². The number of carboxylic acids is 1. The topological polar surface area (TPSA) is 78.9 Å². The summed E-state index contributed by atoms with van der Waals surface area (Å²) in [7, 11) is 0. The predicted octanol–water partition coefficient (Wildman–Crippen LogP) is 1.06. The average Bonchev–Trinajstić information content (AvgIpc) is 2.81. The molecule has 0 bridgehead atoms. The molecule has 19 heavy (non-hydrogen) atoms. The van der Waals surface area contributed by atoms with Crippen LogP contribution in [0.3, 0.4) is 0 Å². The lowest BCUT2D eigenvalue weighted by Gasteiger charge is -2.32. The van der Waals surface area contributed by atoms with Crippen molar-refractivity contribution in [1.82, 2.24) is 10.2 Å². The van der Waals surface area contributed by atoms with Crippen LogP contribution in [0.25, 0.3) is 0 Å². The van der Waals surface area contributed by atoms with Crippen LogP contribution in [0.15, 0.2) is 0 Å². The molecule has 6 nitrogen and oxygen atoms in total. The number of rotatable bonds is 3. The van der Waals surface area contributed by atoms with Gasteiger partial charge in [0.1, 0.15) is 5.54 Å². The Bertz CT molecular complexity index is 355. The Hall–Kier alpha value is -1.30. The zero-order valence-electron chi connectivity index (χ0n) is 11.4. The van der Waals surface area contributed by atoms with Crippen molar-refractivity contribution < 1.29 is 19.4 Å². The molecule has 2 N–H and O–H groups in total. The first-order valence-corrected chi connectivity index (χ1v) is 6.90. The maximum absolute atomic E-state index is 12.1. The number of likely N-dealkylation sites (tertiary alicyclic amines) is 1. The number of nitrogens with zero attached hydrogens (tertiary/aromatic N) is 1. The van der Waals surface area contributed by atoms with E-state index in [9.17, 15) is 14.7 Å². The predicted molar refractivity (Wildman–Crippen MR) is 68.9 cm³/mol. The summed E-state index contributed by atoms with van der Waals surface area (Å²) >= 11 is 0. The highest BCUT2D eigenvalue weighted by Gasteiger charge is 2.45. The maximum atomic E-state index is 12.1. The van der Waals surface area contributed by atoms with Crippen molar-refractivity contribution in [1.29, 1.82) is 0 Å². The number of carboxylic acid groups (broad SMARTS) is 1. The fourth-order valence-electron chi connectivity index (χ4n) is 2.79. The minimum Gasteiger partial charge on any atom is -0.480 e. The summed E-state index contributed by atoms with van der Waals surface area (Å²) in [5.41, 5.74) is -1.06. The van der Waals surface area contributed by atoms with E-state index in [1.54, 1.807) is 6.92 Å². The third kappa shape index (κ3) is 3.00. The van der Waals surface area contributed by atoms with E-state index in [0.29, 0.717) is 25.4 Å². The molecule has 0 aromatic carbocycles. The van der Waals surface area contributed by atoms with Gasteiger partial charge in [0, 0.05) is 26.3 Å². The zero-order valence-corrected chi connectivity index (χ0v) is 11.4. The summed E-state index contributed by atoms with van der Waals surface area (Å²) in [5.74, 6) is -0.484. The Morgan fingerprint density at radius 1 is 1.42 bits per heavy atom. The van der Waals surface area contributed by atoms with Gasteiger partial charge in [-0.05, 0) is 38.5 Å². The van der Waals surface area contributed by atoms with Crippen molar-refractivity contribution in [2.75, 3.05) is 26.3 Å². The first kappa shape index (κ1) is 14.1. The number of carbonyl (C=O) groups is 2. The Morgan fingerprint density at radius 3 is 2.74 bits per heavy atom. The standard InChI is InChI=1S/C13H22N2O4/c1-13(11(16)17)5-2-6-15(13)12(18)14-9-10-3-7-19-8-4-10/h10H,2-9H2,1H3,(H,14,18)(H,16,17). The van der Waals surface area contributed by atoms with E-state index in [4.69, 9.17) is 4.74 Å². The quantitative estimate of drug-likeness (QED) is 0.803. The van der Waals surface area contributed by atoms with Crippen LogP contribution >= 0.6 is 0 Å². The average molecular weight is 270 g/mol. The Labute approximate surface area is 113 Å². The molecule has 0 saturated carbocycles. The molecule has 2 saturated heterocycles. The minimum atomic E-state index is -1.06. The van der Waals surface area contributed by atoms with Gasteiger partial charge in [-0.3, -0.25) is 0 Å². The monoisotopic (exact) mass is 270 g/mol. The van der Waals surface area contributed by atoms with Gasteiger partial charge in [-0.25, -0.2) is 9.59 Å². The second-order valence-electron chi connectivity index (χ2n) is 5.58. The van der Waals surface area contributed by atoms with Crippen LogP contribution < -0.4 is 5.32 Å². The van der Waals surface area contributed by atoms with Crippen LogP contribution in [0.5, 0.6) is 0 Å². The van der Waals surface area contributed by atoms with E-state index in [-0.39, 0.29) is 6.03 Å². The molecule has 6 heteroatoms. The minimum absolute atomic E-state index is 0.256. The van der Waals surface area contributed by atoms with Crippen LogP contribution in [0.1, 0.15) is 32.6 Å². The van der Waals surface area contributed by atoms with E-state index < -0.39 is 11.5 Å². The van der Waals surface area contributed by atoms with Crippen molar-refractivity contribution in [3.8, 4) is 0 Å². The van der Waals surface area contributed by atoms with Gasteiger partial charge in [-0.1, -0.05) is 0 Å². The molecule has 0 radical (unpaired) electrons. The third-order valence-corrected chi connectivity index (χ3v) is 4.23. The molecule has 1 atom stereocenters. The molecule has 2 fully saturated rings. The molecular weight excluding hydrogens is 248 g/mol. The molecule has 2 aliphatic heterocycles. The van der Waals surface area contributed by atoms with Crippen molar-refractivity contribution in [3.63, 3.8) is 0 Å². The summed E-state index contributed by atoms with van der Waals surface area (Å²) in [5, 5.41) is 12.1. The lowest BCUT2D eigenvalue weighted by molar-refractivity contribution is -0.147. The van der Waals surface area contributed by atoms with E-state index in [0.717, 1.165) is 32.5 Å². The molecule has 2 amide bonds. The largest absolute Gasteiger partial charge is 0.480 e. The molecular formula is C13H22N2O4. The fraction of sp³-hybridized carbons (Fsp3) is 0.846. The number of ether oxygens (including phenoxy) is 1. The van der Waals surface area contributed by atoms with Crippen LogP contribution in [-0.2, 0) is 9.53 Å². The molecule has 0 spiro atoms. The number of aliphatic carboxylic acids is 1. The lowest BCUT2D eigenvalue weighted by Crippen LogP contribution is -2.54. The molecule has 0 aromatic rings. The molecule has 0 aromatic heterocycles. The molecule has 2 rings (SSSR count). The Kier molecular flexibility index (Phi) is 4.29. The van der Waals surface area contributed by atoms with Gasteiger partial charge in [0.15, 0.2) is 0 Å². The molecule has 108 valence electrons. The van der Waals surface area contributed by atoms with Gasteiger partial charge < -0.3 is 20.1 Å². The molecule has 2 heterocycles. The van der Waals surface area contributed by atoms with E-state index in [2.05, 4.69) is 5.32 Å². The normalized spacial score (nSPS) is 28.4. The molecule has 1 unspecified atom stereocenters. The number of hydrogen-bond donors (Lipinski definition) is 2. The van der Waals surface area contributed by atoms with E-state index >= 15 is 0 Å². The summed E-state index contributed by atoms with van der Waals surface area (Å²) in [6, 6.07) is -0.256. The number of amides is 2. The zero-order chi connectivity index (χ0) is 13.9. The molecule has 0 aliphatic carbocycles. The highest BCUT2D eigenvalue weighted by molar-refractivity contribution is 5.86. The van der Waals surface area contributed by atoms with Crippen molar-refractivity contribution in [3.05, 3.63) is 0 Å². The Balaban J connectivity index is 1.87. The van der Waals surface area contributed by atoms with Gasteiger partial charge in [-0.15, -0.1) is 0 Å². The summed E-state index contributed by atoms with van der Waals surface area (Å²) in [4.78, 5) is 24.9. The number of urea groups is 1. The van der Waals surface area contributed by atoms with E-state index in [1.165, 1.54) is 4.90 Å². The summed E-state index contributed by atoms with van der Waals surface area (Å²) < 4.78 is 5.27. The van der Waals surface area contributed by atoms with Crippen LogP contribution in [0.2, 0.25) is 0 Å². The van der Waals surface area contributed by atoms with Gasteiger partial charge in [0.25, 0.3) is 0 Å². The van der Waals surface area contributed by atoms with Crippen molar-refractivity contribution in [2.24, 2.45) is 5.92 Å². The highest BCUT2D eigenvalue weighted by Crippen LogP contribution is 2.29. The van der Waals surface area contributed by atoms with Gasteiger partial charge >= 0.3 is 12.0 Å². The summed E-state index contributed by atoms with van der Waals surface area (Å²) in [6.45, 7) is 4.24.